The van der Waals surface area contributed by atoms with Gasteiger partial charge >= 0.3 is 17.8 Å². The predicted octanol–water partition coefficient (Wildman–Crippen LogP) is 5.54. The van der Waals surface area contributed by atoms with Crippen LogP contribution in [-0.2, 0) is 24.1 Å². The van der Waals surface area contributed by atoms with E-state index < -0.39 is 89.2 Å². The second kappa shape index (κ2) is 13.9. The van der Waals surface area contributed by atoms with Crippen LogP contribution in [0.5, 0.6) is 5.75 Å². The normalized spacial score (nSPS) is 13.5. The first kappa shape index (κ1) is 29.0. The number of rotatable bonds is 12. The highest BCUT2D eigenvalue weighted by Gasteiger charge is 2.35. The molecule has 4 aromatic rings. The molecule has 0 aliphatic carbocycles. The summed E-state index contributed by atoms with van der Waals surface area (Å²) in [6, 6.07) is 13.1. The molecule has 0 saturated carbocycles. The van der Waals surface area contributed by atoms with Crippen molar-refractivity contribution in [3.8, 4) is 16.9 Å². The summed E-state index contributed by atoms with van der Waals surface area (Å²) in [5.74, 6) is -4.38. The van der Waals surface area contributed by atoms with E-state index in [-0.39, 0.29) is 25.1 Å². The molecule has 1 heterocycles. The van der Waals surface area contributed by atoms with Gasteiger partial charge in [0.25, 0.3) is 5.56 Å². The summed E-state index contributed by atoms with van der Waals surface area (Å²) in [4.78, 5) is 39.2. The molecule has 0 unspecified atom stereocenters. The maximum Gasteiger partial charge on any atom is 0.416 e. The van der Waals surface area contributed by atoms with Gasteiger partial charge in [-0.15, -0.1) is 0 Å². The molecule has 4 rings (SSSR count). The number of aliphatic carboxylic acids is 1. The molecule has 45 heavy (non-hydrogen) atoms. The molecule has 238 valence electrons. The largest absolute Gasteiger partial charge is 0.494 e. The lowest BCUT2D eigenvalue weighted by Gasteiger charge is -2.23. The standard InChI is InChI=1S/C32H30F5N3O5/c1-19-28(21-11-6-14-26(45-2)29(21)34)30(43)40(18-25(20-9-4-3-5-10-20)38-16-8-15-27(41)42)31(44)39(19)17-22-23(32(35,36)37)12-7-13-24(22)33/h3-7,9-14,25,38H,8,15-18H2,1-2H3,(H,41,42)/t25-/m0/s1/i2D3. The number of alkyl halides is 3. The monoisotopic (exact) mass is 634 g/mol. The number of benzene rings is 3. The van der Waals surface area contributed by atoms with Crippen molar-refractivity contribution in [1.82, 2.24) is 14.5 Å². The van der Waals surface area contributed by atoms with Crippen LogP contribution in [-0.4, -0.2) is 33.8 Å². The fourth-order valence-electron chi connectivity index (χ4n) is 5.06. The van der Waals surface area contributed by atoms with E-state index >= 15 is 8.78 Å². The Morgan fingerprint density at radius 1 is 1.02 bits per heavy atom. The fourth-order valence-corrected chi connectivity index (χ4v) is 5.06. The molecule has 0 fully saturated rings. The zero-order valence-electron chi connectivity index (χ0n) is 26.8. The van der Waals surface area contributed by atoms with Crippen molar-refractivity contribution >= 4 is 5.97 Å². The second-order valence-electron chi connectivity index (χ2n) is 10.1. The van der Waals surface area contributed by atoms with Gasteiger partial charge in [-0.3, -0.25) is 18.7 Å². The van der Waals surface area contributed by atoms with E-state index in [2.05, 4.69) is 5.32 Å². The van der Waals surface area contributed by atoms with Gasteiger partial charge in [-0.25, -0.2) is 13.6 Å². The second-order valence-corrected chi connectivity index (χ2v) is 10.1. The molecule has 1 aromatic heterocycles. The Kier molecular flexibility index (Phi) is 8.94. The molecule has 0 bridgehead atoms. The highest BCUT2D eigenvalue weighted by atomic mass is 19.4. The van der Waals surface area contributed by atoms with Gasteiger partial charge in [0.1, 0.15) is 5.82 Å². The van der Waals surface area contributed by atoms with Crippen LogP contribution >= 0.6 is 0 Å². The lowest BCUT2D eigenvalue weighted by Crippen LogP contribution is -2.45. The maximum absolute atomic E-state index is 15.8. The third-order valence-electron chi connectivity index (χ3n) is 7.30. The lowest BCUT2D eigenvalue weighted by atomic mass is 10.0. The first-order valence-corrected chi connectivity index (χ1v) is 13.7. The number of ether oxygens (including phenoxy) is 1. The van der Waals surface area contributed by atoms with Crippen LogP contribution in [0.25, 0.3) is 11.1 Å². The first-order chi connectivity index (χ1) is 22.5. The number of carbonyl (C=O) groups is 1. The number of methoxy groups -OCH3 is 1. The van der Waals surface area contributed by atoms with Crippen LogP contribution in [0.2, 0.25) is 0 Å². The van der Waals surface area contributed by atoms with Crippen LogP contribution in [0.15, 0.2) is 76.3 Å². The van der Waals surface area contributed by atoms with Gasteiger partial charge in [0.2, 0.25) is 0 Å². The summed E-state index contributed by atoms with van der Waals surface area (Å²) < 4.78 is 101. The molecule has 0 aliphatic rings. The van der Waals surface area contributed by atoms with Crippen LogP contribution in [0.1, 0.15) is 45.4 Å². The number of halogens is 5. The zero-order valence-corrected chi connectivity index (χ0v) is 23.8. The van der Waals surface area contributed by atoms with Crippen molar-refractivity contribution in [2.24, 2.45) is 0 Å². The van der Waals surface area contributed by atoms with E-state index in [0.717, 1.165) is 24.3 Å². The van der Waals surface area contributed by atoms with E-state index in [4.69, 9.17) is 14.0 Å². The van der Waals surface area contributed by atoms with E-state index in [0.29, 0.717) is 20.8 Å². The van der Waals surface area contributed by atoms with Crippen molar-refractivity contribution in [3.05, 3.63) is 122 Å². The van der Waals surface area contributed by atoms with Crippen molar-refractivity contribution in [2.45, 2.75) is 45.1 Å². The summed E-state index contributed by atoms with van der Waals surface area (Å²) in [6.07, 6.45) is -5.03. The number of aromatic nitrogens is 2. The Morgan fingerprint density at radius 2 is 1.73 bits per heavy atom. The van der Waals surface area contributed by atoms with Gasteiger partial charge in [-0.2, -0.15) is 13.2 Å². The molecule has 0 saturated heterocycles. The van der Waals surface area contributed by atoms with Crippen LogP contribution in [0.3, 0.4) is 0 Å². The summed E-state index contributed by atoms with van der Waals surface area (Å²) in [7, 11) is -3.08. The van der Waals surface area contributed by atoms with Gasteiger partial charge in [0.05, 0.1) is 41.4 Å². The third kappa shape index (κ3) is 7.31. The molecule has 13 heteroatoms. The van der Waals surface area contributed by atoms with Crippen molar-refractivity contribution in [1.29, 1.82) is 0 Å². The summed E-state index contributed by atoms with van der Waals surface area (Å²) >= 11 is 0. The summed E-state index contributed by atoms with van der Waals surface area (Å²) in [6.45, 7) is -0.167. The van der Waals surface area contributed by atoms with E-state index in [1.807, 2.05) is 0 Å². The minimum Gasteiger partial charge on any atom is -0.494 e. The molecule has 0 amide bonds. The molecule has 0 aliphatic heterocycles. The predicted molar refractivity (Wildman–Crippen MR) is 156 cm³/mol. The van der Waals surface area contributed by atoms with Crippen LogP contribution in [0.4, 0.5) is 22.0 Å². The lowest BCUT2D eigenvalue weighted by molar-refractivity contribution is -0.138. The Labute approximate surface area is 258 Å². The smallest absolute Gasteiger partial charge is 0.416 e. The fraction of sp³-hybridized carbons (Fsp3) is 0.281. The van der Waals surface area contributed by atoms with Gasteiger partial charge < -0.3 is 15.2 Å². The average molecular weight is 635 g/mol. The number of nitrogens with one attached hydrogen (secondary N) is 1. The Bertz CT molecular complexity index is 1910. The van der Waals surface area contributed by atoms with E-state index in [1.54, 1.807) is 30.3 Å². The maximum atomic E-state index is 15.8. The number of nitrogens with zero attached hydrogens (tertiary/aromatic N) is 2. The number of hydrogen-bond acceptors (Lipinski definition) is 5. The summed E-state index contributed by atoms with van der Waals surface area (Å²) in [5, 5.41) is 12.1. The van der Waals surface area contributed by atoms with Gasteiger partial charge in [0, 0.05) is 23.2 Å². The highest BCUT2D eigenvalue weighted by Crippen LogP contribution is 2.34. The average Bonchev–Trinajstić information content (AvgIpc) is 3.00. The van der Waals surface area contributed by atoms with Crippen molar-refractivity contribution in [3.63, 3.8) is 0 Å². The van der Waals surface area contributed by atoms with Gasteiger partial charge in [0.15, 0.2) is 11.6 Å². The Hall–Kier alpha value is -4.78. The molecule has 2 N–H and O–H groups in total. The first-order valence-electron chi connectivity index (χ1n) is 15.2. The molecule has 3 aromatic carbocycles. The SMILES string of the molecule is [2H]C([2H])([2H])Oc1cccc(-c2c(C)n(Cc3c(F)cccc3C(F)(F)F)c(=O)n(C[C@H](NCCCC(=O)O)c3ccccc3)c2=O)c1F. The van der Waals surface area contributed by atoms with E-state index in [9.17, 15) is 27.6 Å². The zero-order chi connectivity index (χ0) is 35.4. The molecule has 0 radical (unpaired) electrons. The number of carboxylic acids is 1. The topological polar surface area (TPSA) is 103 Å². The quantitative estimate of drug-likeness (QED) is 0.157. The Balaban J connectivity index is 1.97. The van der Waals surface area contributed by atoms with Gasteiger partial charge in [-0.05, 0) is 43.7 Å². The van der Waals surface area contributed by atoms with Crippen LogP contribution < -0.4 is 21.3 Å². The molecule has 1 atom stereocenters. The minimum atomic E-state index is -5.02. The van der Waals surface area contributed by atoms with Crippen LogP contribution in [0, 0.1) is 18.6 Å². The minimum absolute atomic E-state index is 0.126. The number of hydrogen-bond donors (Lipinski definition) is 2. The molecule has 0 spiro atoms. The third-order valence-corrected chi connectivity index (χ3v) is 7.30. The summed E-state index contributed by atoms with van der Waals surface area (Å²) in [5.41, 5.74) is -5.28. The number of carboxylic acid groups (broad SMARTS) is 1. The Morgan fingerprint density at radius 3 is 2.40 bits per heavy atom. The van der Waals surface area contributed by atoms with Crippen molar-refractivity contribution < 1.29 is 40.7 Å². The molecule has 8 nitrogen and oxygen atoms in total. The van der Waals surface area contributed by atoms with Crippen molar-refractivity contribution in [2.75, 3.05) is 13.6 Å². The van der Waals surface area contributed by atoms with E-state index in [1.165, 1.54) is 13.0 Å². The van der Waals surface area contributed by atoms with Gasteiger partial charge in [-0.1, -0.05) is 48.5 Å². The molecular formula is C32H30F5N3O5. The highest BCUT2D eigenvalue weighted by molar-refractivity contribution is 5.68. The molecular weight excluding hydrogens is 601 g/mol.